The van der Waals surface area contributed by atoms with Crippen LogP contribution in [0.1, 0.15) is 25.3 Å². The first-order chi connectivity index (χ1) is 9.97. The number of hydrogen-bond donors (Lipinski definition) is 1. The van der Waals surface area contributed by atoms with Crippen LogP contribution in [0, 0.1) is 0 Å². The van der Waals surface area contributed by atoms with Crippen LogP contribution in [0.15, 0.2) is 40.5 Å². The topological polar surface area (TPSA) is 57.4 Å². The molecule has 2 aliphatic heterocycles. The van der Waals surface area contributed by atoms with Gasteiger partial charge in [-0.1, -0.05) is 35.5 Å². The van der Waals surface area contributed by atoms with Gasteiger partial charge in [-0.3, -0.25) is 4.99 Å². The monoisotopic (exact) mass is 287 g/mol. The van der Waals surface area contributed by atoms with Crippen LogP contribution in [0.25, 0.3) is 0 Å². The molecule has 2 atom stereocenters. The van der Waals surface area contributed by atoms with E-state index in [0.717, 1.165) is 18.0 Å². The second-order valence-electron chi connectivity index (χ2n) is 6.00. The Balaban J connectivity index is 1.89. The van der Waals surface area contributed by atoms with Crippen molar-refractivity contribution in [2.45, 2.75) is 37.5 Å². The fourth-order valence-corrected chi connectivity index (χ4v) is 3.06. The van der Waals surface area contributed by atoms with Crippen molar-refractivity contribution in [2.24, 2.45) is 10.1 Å². The molecule has 0 fully saturated rings. The molecule has 1 N–H and O–H groups in total. The molecule has 1 aromatic rings. The zero-order valence-corrected chi connectivity index (χ0v) is 12.7. The lowest BCUT2D eigenvalue weighted by atomic mass is 9.81. The first kappa shape index (κ1) is 14.1. The van der Waals surface area contributed by atoms with E-state index in [9.17, 15) is 5.11 Å². The molecule has 2 aliphatic rings. The highest BCUT2D eigenvalue weighted by Crippen LogP contribution is 2.46. The van der Waals surface area contributed by atoms with Crippen molar-refractivity contribution in [3.8, 4) is 0 Å². The number of hydrogen-bond acceptors (Lipinski definition) is 5. The molecule has 3 rings (SSSR count). The molecule has 1 aromatic carbocycles. The van der Waals surface area contributed by atoms with Gasteiger partial charge < -0.3 is 14.8 Å². The van der Waals surface area contributed by atoms with E-state index >= 15 is 0 Å². The van der Waals surface area contributed by atoms with Crippen LogP contribution in [0.4, 0.5) is 0 Å². The van der Waals surface area contributed by atoms with E-state index in [-0.39, 0.29) is 0 Å². The standard InChI is InChI=1S/C16H21N3O2/c1-12-15(10-9-13-7-5-4-6-8-13)16(20,21-18-12)11-14(17-15)19(2)3/h4-8,20H,9-11H2,1-3H3/t15-,16+/m1/s1. The van der Waals surface area contributed by atoms with Gasteiger partial charge in [0.25, 0.3) is 5.79 Å². The van der Waals surface area contributed by atoms with E-state index in [1.807, 2.05) is 44.1 Å². The highest BCUT2D eigenvalue weighted by atomic mass is 16.7. The zero-order chi connectivity index (χ0) is 15.1. The van der Waals surface area contributed by atoms with Gasteiger partial charge in [0, 0.05) is 14.1 Å². The van der Waals surface area contributed by atoms with Gasteiger partial charge >= 0.3 is 0 Å². The summed E-state index contributed by atoms with van der Waals surface area (Å²) in [7, 11) is 3.86. The van der Waals surface area contributed by atoms with Crippen molar-refractivity contribution >= 4 is 11.5 Å². The van der Waals surface area contributed by atoms with E-state index in [1.165, 1.54) is 5.56 Å². The molecule has 2 heterocycles. The zero-order valence-electron chi connectivity index (χ0n) is 12.7. The van der Waals surface area contributed by atoms with Crippen LogP contribution < -0.4 is 0 Å². The van der Waals surface area contributed by atoms with Gasteiger partial charge in [0.1, 0.15) is 5.84 Å². The molecule has 5 heteroatoms. The number of aliphatic hydroxyl groups is 1. The minimum atomic E-state index is -1.34. The smallest absolute Gasteiger partial charge is 0.272 e. The third-order valence-electron chi connectivity index (χ3n) is 4.43. The number of aryl methyl sites for hydroxylation is 1. The lowest BCUT2D eigenvalue weighted by molar-refractivity contribution is -0.203. The van der Waals surface area contributed by atoms with Gasteiger partial charge in [0.05, 0.1) is 12.1 Å². The van der Waals surface area contributed by atoms with Crippen molar-refractivity contribution in [1.29, 1.82) is 0 Å². The Bertz CT molecular complexity index is 597. The minimum absolute atomic E-state index is 0.371. The summed E-state index contributed by atoms with van der Waals surface area (Å²) < 4.78 is 0. The maximum atomic E-state index is 10.9. The molecule has 0 amide bonds. The molecule has 0 aliphatic carbocycles. The lowest BCUT2D eigenvalue weighted by Crippen LogP contribution is -2.51. The van der Waals surface area contributed by atoms with Crippen LogP contribution in [-0.2, 0) is 11.3 Å². The Morgan fingerprint density at radius 2 is 2.00 bits per heavy atom. The van der Waals surface area contributed by atoms with Gasteiger partial charge in [-0.15, -0.1) is 0 Å². The van der Waals surface area contributed by atoms with Gasteiger partial charge in [0.2, 0.25) is 0 Å². The van der Waals surface area contributed by atoms with Crippen molar-refractivity contribution in [3.63, 3.8) is 0 Å². The highest BCUT2D eigenvalue weighted by Gasteiger charge is 2.63. The first-order valence-corrected chi connectivity index (χ1v) is 7.22. The highest BCUT2D eigenvalue weighted by molar-refractivity contribution is 6.00. The summed E-state index contributed by atoms with van der Waals surface area (Å²) in [6.07, 6.45) is 1.87. The summed E-state index contributed by atoms with van der Waals surface area (Å²) in [5, 5.41) is 14.9. The number of rotatable bonds is 3. The molecular weight excluding hydrogens is 266 g/mol. The van der Waals surface area contributed by atoms with E-state index in [2.05, 4.69) is 17.3 Å². The average molecular weight is 287 g/mol. The molecule has 112 valence electrons. The SMILES string of the molecule is CC1=NO[C@@]2(O)CC(N(C)C)=N[C@]12CCc1ccccc1. The summed E-state index contributed by atoms with van der Waals surface area (Å²) in [4.78, 5) is 12.1. The van der Waals surface area contributed by atoms with Crippen molar-refractivity contribution < 1.29 is 9.94 Å². The second kappa shape index (κ2) is 4.84. The Morgan fingerprint density at radius 1 is 1.29 bits per heavy atom. The van der Waals surface area contributed by atoms with Gasteiger partial charge in [0.15, 0.2) is 5.54 Å². The molecule has 0 bridgehead atoms. The Kier molecular flexibility index (Phi) is 3.24. The number of oxime groups is 1. The lowest BCUT2D eigenvalue weighted by Gasteiger charge is -2.31. The van der Waals surface area contributed by atoms with Crippen molar-refractivity contribution in [3.05, 3.63) is 35.9 Å². The maximum Gasteiger partial charge on any atom is 0.272 e. The van der Waals surface area contributed by atoms with Crippen LogP contribution in [0.3, 0.4) is 0 Å². The van der Waals surface area contributed by atoms with Crippen LogP contribution in [0.5, 0.6) is 0 Å². The third-order valence-corrected chi connectivity index (χ3v) is 4.43. The fourth-order valence-electron chi connectivity index (χ4n) is 3.06. The molecular formula is C16H21N3O2. The van der Waals surface area contributed by atoms with Crippen molar-refractivity contribution in [1.82, 2.24) is 4.90 Å². The average Bonchev–Trinajstić information content (AvgIpc) is 2.90. The number of benzene rings is 1. The predicted molar refractivity (Wildman–Crippen MR) is 82.4 cm³/mol. The predicted octanol–water partition coefficient (Wildman–Crippen LogP) is 1.82. The summed E-state index contributed by atoms with van der Waals surface area (Å²) in [6.45, 7) is 1.88. The quantitative estimate of drug-likeness (QED) is 0.922. The Morgan fingerprint density at radius 3 is 2.67 bits per heavy atom. The molecule has 0 radical (unpaired) electrons. The molecule has 5 nitrogen and oxygen atoms in total. The van der Waals surface area contributed by atoms with Crippen molar-refractivity contribution in [2.75, 3.05) is 14.1 Å². The largest absolute Gasteiger partial charge is 0.366 e. The molecule has 0 unspecified atom stereocenters. The molecule has 21 heavy (non-hydrogen) atoms. The van der Waals surface area contributed by atoms with E-state index < -0.39 is 11.3 Å². The Labute approximate surface area is 124 Å². The number of amidine groups is 1. The fraction of sp³-hybridized carbons (Fsp3) is 0.500. The molecule has 0 saturated carbocycles. The minimum Gasteiger partial charge on any atom is -0.366 e. The van der Waals surface area contributed by atoms with Crippen LogP contribution in [0.2, 0.25) is 0 Å². The van der Waals surface area contributed by atoms with Crippen LogP contribution in [-0.4, -0.2) is 47.0 Å². The van der Waals surface area contributed by atoms with Gasteiger partial charge in [-0.05, 0) is 25.3 Å². The van der Waals surface area contributed by atoms with E-state index in [4.69, 9.17) is 9.83 Å². The van der Waals surface area contributed by atoms with Crippen LogP contribution >= 0.6 is 0 Å². The molecule has 0 saturated heterocycles. The number of nitrogens with zero attached hydrogens (tertiary/aromatic N) is 3. The number of aliphatic imine (C=N–C) groups is 1. The molecule has 0 aromatic heterocycles. The molecule has 0 spiro atoms. The summed E-state index contributed by atoms with van der Waals surface area (Å²) in [5.74, 6) is -0.495. The Hall–Kier alpha value is -1.88. The normalized spacial score (nSPS) is 30.5. The summed E-state index contributed by atoms with van der Waals surface area (Å²) >= 11 is 0. The summed E-state index contributed by atoms with van der Waals surface area (Å²) in [5.41, 5.74) is 1.21. The van der Waals surface area contributed by atoms with Gasteiger partial charge in [-0.2, -0.15) is 0 Å². The van der Waals surface area contributed by atoms with E-state index in [1.54, 1.807) is 0 Å². The third kappa shape index (κ3) is 2.12. The first-order valence-electron chi connectivity index (χ1n) is 7.22. The van der Waals surface area contributed by atoms with E-state index in [0.29, 0.717) is 12.8 Å². The maximum absolute atomic E-state index is 10.9. The van der Waals surface area contributed by atoms with Gasteiger partial charge in [-0.25, -0.2) is 0 Å². The number of fused-ring (bicyclic) bond motifs is 1. The summed E-state index contributed by atoms with van der Waals surface area (Å²) in [6, 6.07) is 10.2. The second-order valence-corrected chi connectivity index (χ2v) is 6.00.